The first kappa shape index (κ1) is 27.0. The molecule has 0 bridgehead atoms. The third kappa shape index (κ3) is 6.24. The van der Waals surface area contributed by atoms with Crippen LogP contribution in [-0.4, -0.2) is 65.1 Å². The van der Waals surface area contributed by atoms with Gasteiger partial charge >= 0.3 is 6.09 Å². The predicted molar refractivity (Wildman–Crippen MR) is 140 cm³/mol. The summed E-state index contributed by atoms with van der Waals surface area (Å²) < 4.78 is 16.1. The molecule has 1 aliphatic heterocycles. The number of ether oxygens (including phenoxy) is 2. The van der Waals surface area contributed by atoms with Gasteiger partial charge in [0.1, 0.15) is 11.5 Å². The molecule has 0 spiro atoms. The fourth-order valence-corrected chi connectivity index (χ4v) is 4.11. The number of rotatable bonds is 8. The summed E-state index contributed by atoms with van der Waals surface area (Å²) in [7, 11) is 0. The van der Waals surface area contributed by atoms with Gasteiger partial charge < -0.3 is 34.8 Å². The summed E-state index contributed by atoms with van der Waals surface area (Å²) in [5.41, 5.74) is 2.11. The first-order chi connectivity index (χ1) is 18.3. The smallest absolute Gasteiger partial charge is 0.414 e. The van der Waals surface area contributed by atoms with Crippen molar-refractivity contribution in [2.75, 3.05) is 38.2 Å². The molecule has 0 aliphatic carbocycles. The molecule has 11 heteroatoms. The summed E-state index contributed by atoms with van der Waals surface area (Å²) in [6.07, 6.45) is -0.784. The zero-order valence-corrected chi connectivity index (χ0v) is 21.6. The van der Waals surface area contributed by atoms with Gasteiger partial charge in [0, 0.05) is 37.8 Å². The number of carbonyl (C=O) groups excluding carboxylic acids is 2. The second kappa shape index (κ2) is 12.0. The van der Waals surface area contributed by atoms with Crippen LogP contribution >= 0.6 is 0 Å². The molecule has 2 aromatic carbocycles. The van der Waals surface area contributed by atoms with E-state index >= 15 is 0 Å². The highest BCUT2D eigenvalue weighted by atomic mass is 16.6. The molecule has 0 unspecified atom stereocenters. The number of morpholine rings is 1. The summed E-state index contributed by atoms with van der Waals surface area (Å²) in [5, 5.41) is 29.8. The summed E-state index contributed by atoms with van der Waals surface area (Å²) >= 11 is 0. The maximum absolute atomic E-state index is 13.2. The van der Waals surface area contributed by atoms with Crippen molar-refractivity contribution in [1.29, 1.82) is 0 Å². The molecule has 1 fully saturated rings. The Kier molecular flexibility index (Phi) is 8.49. The first-order valence-electron chi connectivity index (χ1n) is 12.5. The van der Waals surface area contributed by atoms with Gasteiger partial charge in [-0.1, -0.05) is 26.0 Å². The SMILES string of the molecule is CCNC(=O)Oc1noc(-c2cc(C(C)C)c(O)cc2O)c1NC(=O)c1ccc(CN2CCOCC2)cc1. The van der Waals surface area contributed by atoms with E-state index in [0.717, 1.165) is 25.2 Å². The van der Waals surface area contributed by atoms with Crippen LogP contribution in [0.1, 0.15) is 48.2 Å². The molecule has 2 amide bonds. The predicted octanol–water partition coefficient (Wildman–Crippen LogP) is 4.07. The van der Waals surface area contributed by atoms with Gasteiger partial charge in [-0.25, -0.2) is 4.79 Å². The Bertz CT molecular complexity index is 1280. The van der Waals surface area contributed by atoms with Gasteiger partial charge in [0.05, 0.1) is 18.8 Å². The number of aromatic nitrogens is 1. The summed E-state index contributed by atoms with van der Waals surface area (Å²) in [6, 6.07) is 9.91. The van der Waals surface area contributed by atoms with Crippen LogP contribution in [0.3, 0.4) is 0 Å². The number of phenols is 2. The lowest BCUT2D eigenvalue weighted by atomic mass is 9.97. The second-order valence-corrected chi connectivity index (χ2v) is 9.23. The largest absolute Gasteiger partial charge is 0.508 e. The lowest BCUT2D eigenvalue weighted by Gasteiger charge is -2.26. The maximum atomic E-state index is 13.2. The zero-order valence-electron chi connectivity index (χ0n) is 21.6. The van der Waals surface area contributed by atoms with Gasteiger partial charge in [0.15, 0.2) is 11.4 Å². The Labute approximate surface area is 220 Å². The molecule has 1 aliphatic rings. The van der Waals surface area contributed by atoms with Gasteiger partial charge in [-0.15, -0.1) is 0 Å². The summed E-state index contributed by atoms with van der Waals surface area (Å²) in [4.78, 5) is 27.6. The first-order valence-corrected chi connectivity index (χ1v) is 12.5. The van der Waals surface area contributed by atoms with Crippen LogP contribution in [0.2, 0.25) is 0 Å². The van der Waals surface area contributed by atoms with Crippen molar-refractivity contribution in [3.63, 3.8) is 0 Å². The molecule has 11 nitrogen and oxygen atoms in total. The minimum absolute atomic E-state index is 0.0269. The number of hydrogen-bond donors (Lipinski definition) is 4. The molecular weight excluding hydrogens is 492 g/mol. The monoisotopic (exact) mass is 524 g/mol. The molecule has 0 atom stereocenters. The van der Waals surface area contributed by atoms with E-state index < -0.39 is 12.0 Å². The normalized spacial score (nSPS) is 13.9. The highest BCUT2D eigenvalue weighted by molar-refractivity contribution is 6.07. The van der Waals surface area contributed by atoms with Crippen molar-refractivity contribution in [1.82, 2.24) is 15.4 Å². The Morgan fingerprint density at radius 1 is 1.11 bits per heavy atom. The van der Waals surface area contributed by atoms with E-state index in [9.17, 15) is 19.8 Å². The van der Waals surface area contributed by atoms with E-state index in [4.69, 9.17) is 14.0 Å². The van der Waals surface area contributed by atoms with Crippen molar-refractivity contribution in [2.24, 2.45) is 0 Å². The van der Waals surface area contributed by atoms with Crippen LogP contribution in [0.5, 0.6) is 17.4 Å². The van der Waals surface area contributed by atoms with Gasteiger partial charge in [0.2, 0.25) is 0 Å². The number of benzene rings is 2. The van der Waals surface area contributed by atoms with Crippen molar-refractivity contribution >= 4 is 17.7 Å². The Morgan fingerprint density at radius 2 is 1.82 bits per heavy atom. The number of hydrogen-bond acceptors (Lipinski definition) is 9. The molecule has 0 radical (unpaired) electrons. The number of carbonyl (C=O) groups is 2. The fraction of sp³-hybridized carbons (Fsp3) is 0.370. The molecule has 38 heavy (non-hydrogen) atoms. The highest BCUT2D eigenvalue weighted by Gasteiger charge is 2.27. The van der Waals surface area contributed by atoms with Crippen LogP contribution in [0, 0.1) is 0 Å². The molecule has 2 heterocycles. The number of phenolic OH excluding ortho intramolecular Hbond substituents is 2. The quantitative estimate of drug-likeness (QED) is 0.342. The average Bonchev–Trinajstić information content (AvgIpc) is 3.26. The molecule has 202 valence electrons. The van der Waals surface area contributed by atoms with E-state index in [-0.39, 0.29) is 40.3 Å². The standard InChI is InChI=1S/C27H32N4O7/c1-4-28-27(35)37-26-23(24(38-30-26)20-13-19(16(2)3)21(32)14-22(20)33)29-25(34)18-7-5-17(6-8-18)15-31-9-11-36-12-10-31/h5-8,13-14,16,32-33H,4,9-12,15H2,1-3H3,(H,28,35)(H,29,34). The topological polar surface area (TPSA) is 146 Å². The van der Waals surface area contributed by atoms with E-state index in [1.54, 1.807) is 25.1 Å². The van der Waals surface area contributed by atoms with E-state index in [0.29, 0.717) is 30.9 Å². The van der Waals surface area contributed by atoms with Crippen LogP contribution in [0.4, 0.5) is 10.5 Å². The van der Waals surface area contributed by atoms with Crippen LogP contribution in [0.25, 0.3) is 11.3 Å². The minimum atomic E-state index is -0.784. The third-order valence-electron chi connectivity index (χ3n) is 6.15. The molecule has 1 saturated heterocycles. The summed E-state index contributed by atoms with van der Waals surface area (Å²) in [6.45, 7) is 9.68. The molecule has 3 aromatic rings. The van der Waals surface area contributed by atoms with E-state index in [2.05, 4.69) is 20.7 Å². The Balaban J connectivity index is 1.62. The van der Waals surface area contributed by atoms with Crippen LogP contribution in [0.15, 0.2) is 40.9 Å². The van der Waals surface area contributed by atoms with Gasteiger partial charge in [-0.3, -0.25) is 9.69 Å². The number of anilines is 1. The number of nitrogens with one attached hydrogen (secondary N) is 2. The van der Waals surface area contributed by atoms with Crippen LogP contribution in [-0.2, 0) is 11.3 Å². The molecule has 4 rings (SSSR count). The maximum Gasteiger partial charge on any atom is 0.414 e. The minimum Gasteiger partial charge on any atom is -0.508 e. The highest BCUT2D eigenvalue weighted by Crippen LogP contribution is 2.43. The Morgan fingerprint density at radius 3 is 2.47 bits per heavy atom. The average molecular weight is 525 g/mol. The zero-order chi connectivity index (χ0) is 27.2. The van der Waals surface area contributed by atoms with E-state index in [1.807, 2.05) is 26.0 Å². The number of aromatic hydroxyl groups is 2. The van der Waals surface area contributed by atoms with Gasteiger partial charge in [-0.05, 0) is 47.3 Å². The summed E-state index contributed by atoms with van der Waals surface area (Å²) in [5.74, 6) is -1.24. The molecule has 1 aromatic heterocycles. The molecular formula is C27H32N4O7. The lowest BCUT2D eigenvalue weighted by molar-refractivity contribution is 0.0342. The van der Waals surface area contributed by atoms with Crippen molar-refractivity contribution in [3.05, 3.63) is 53.1 Å². The van der Waals surface area contributed by atoms with E-state index in [1.165, 1.54) is 6.07 Å². The number of amides is 2. The van der Waals surface area contributed by atoms with Gasteiger partial charge in [0.25, 0.3) is 11.8 Å². The molecule has 0 saturated carbocycles. The van der Waals surface area contributed by atoms with Crippen molar-refractivity contribution < 1.29 is 33.8 Å². The van der Waals surface area contributed by atoms with Crippen molar-refractivity contribution in [3.8, 4) is 28.7 Å². The fourth-order valence-electron chi connectivity index (χ4n) is 4.11. The molecule has 4 N–H and O–H groups in total. The second-order valence-electron chi connectivity index (χ2n) is 9.23. The third-order valence-corrected chi connectivity index (χ3v) is 6.15. The van der Waals surface area contributed by atoms with Crippen LogP contribution < -0.4 is 15.4 Å². The lowest BCUT2D eigenvalue weighted by Crippen LogP contribution is -2.35. The Hall–Kier alpha value is -4.09. The number of nitrogens with zero attached hydrogens (tertiary/aromatic N) is 2. The van der Waals surface area contributed by atoms with Gasteiger partial charge in [-0.2, -0.15) is 0 Å². The van der Waals surface area contributed by atoms with Crippen molar-refractivity contribution in [2.45, 2.75) is 33.2 Å².